The molecule has 0 bridgehead atoms. The average Bonchev–Trinajstić information content (AvgIpc) is 2.25. The van der Waals surface area contributed by atoms with Crippen LogP contribution in [0.4, 0.5) is 0 Å². The second-order valence-corrected chi connectivity index (χ2v) is 7.25. The van der Waals surface area contributed by atoms with Crippen LogP contribution in [0.25, 0.3) is 0 Å². The normalized spacial score (nSPS) is 14.8. The van der Waals surface area contributed by atoms with E-state index in [-0.39, 0.29) is 0 Å². The van der Waals surface area contributed by atoms with E-state index in [4.69, 9.17) is 0 Å². The third-order valence-corrected chi connectivity index (χ3v) is 4.38. The molecular weight excluding hydrogens is 354 g/mol. The number of rotatable bonds is 6. The van der Waals surface area contributed by atoms with Gasteiger partial charge in [0, 0.05) is 15.0 Å². The molecule has 0 saturated heterocycles. The second kappa shape index (κ2) is 7.66. The fraction of sp³-hybridized carbons (Fsp3) is 0.600. The van der Waals surface area contributed by atoms with E-state index in [2.05, 4.69) is 76.1 Å². The third kappa shape index (κ3) is 5.02. The van der Waals surface area contributed by atoms with Gasteiger partial charge in [0.25, 0.3) is 0 Å². The first-order valence-electron chi connectivity index (χ1n) is 6.56. The van der Waals surface area contributed by atoms with Gasteiger partial charge in [0.1, 0.15) is 0 Å². The zero-order chi connectivity index (χ0) is 13.7. The highest BCUT2D eigenvalue weighted by Crippen LogP contribution is 2.31. The van der Waals surface area contributed by atoms with Crippen LogP contribution >= 0.6 is 31.9 Å². The van der Waals surface area contributed by atoms with Gasteiger partial charge in [-0.1, -0.05) is 58.7 Å². The summed E-state index contributed by atoms with van der Waals surface area (Å²) in [6, 6.07) is 6.84. The molecule has 1 aromatic rings. The maximum Gasteiger partial charge on any atom is 0.0331 e. The molecule has 2 atom stereocenters. The van der Waals surface area contributed by atoms with E-state index in [1.165, 1.54) is 22.9 Å². The summed E-state index contributed by atoms with van der Waals surface area (Å²) in [6.07, 6.45) is 2.46. The van der Waals surface area contributed by atoms with Gasteiger partial charge in [0.15, 0.2) is 0 Å². The fourth-order valence-electron chi connectivity index (χ4n) is 2.49. The standard InChI is InChI=1S/C15H23Br2N/c1-10(2)7-11(3)8-15(18-4)13-6-5-12(16)9-14(13)17/h5-6,9-11,15,18H,7-8H2,1-4H3. The second-order valence-electron chi connectivity index (χ2n) is 5.48. The first kappa shape index (κ1) is 16.2. The summed E-state index contributed by atoms with van der Waals surface area (Å²) < 4.78 is 2.29. The molecule has 0 amide bonds. The van der Waals surface area contributed by atoms with E-state index in [1.54, 1.807) is 0 Å². The molecule has 1 aromatic carbocycles. The topological polar surface area (TPSA) is 12.0 Å². The van der Waals surface area contributed by atoms with Crippen LogP contribution < -0.4 is 5.32 Å². The SMILES string of the molecule is CNC(CC(C)CC(C)C)c1ccc(Br)cc1Br. The molecule has 0 radical (unpaired) electrons. The van der Waals surface area contributed by atoms with Gasteiger partial charge in [0.05, 0.1) is 0 Å². The Morgan fingerprint density at radius 2 is 1.78 bits per heavy atom. The number of nitrogens with one attached hydrogen (secondary N) is 1. The number of benzene rings is 1. The quantitative estimate of drug-likeness (QED) is 0.686. The van der Waals surface area contributed by atoms with E-state index in [0.29, 0.717) is 6.04 Å². The lowest BCUT2D eigenvalue weighted by Crippen LogP contribution is -2.20. The minimum atomic E-state index is 0.418. The Hall–Kier alpha value is 0.140. The van der Waals surface area contributed by atoms with Crippen molar-refractivity contribution >= 4 is 31.9 Å². The molecule has 0 aliphatic heterocycles. The Balaban J connectivity index is 2.76. The number of halogens is 2. The van der Waals surface area contributed by atoms with Crippen molar-refractivity contribution in [3.8, 4) is 0 Å². The lowest BCUT2D eigenvalue weighted by Gasteiger charge is -2.23. The van der Waals surface area contributed by atoms with Crippen LogP contribution in [0.2, 0.25) is 0 Å². The summed E-state index contributed by atoms with van der Waals surface area (Å²) in [6.45, 7) is 6.93. The highest BCUT2D eigenvalue weighted by atomic mass is 79.9. The molecular formula is C15H23Br2N. The molecule has 102 valence electrons. The molecule has 1 nitrogen and oxygen atoms in total. The molecule has 3 heteroatoms. The van der Waals surface area contributed by atoms with Gasteiger partial charge in [-0.25, -0.2) is 0 Å². The molecule has 0 aromatic heterocycles. The van der Waals surface area contributed by atoms with Gasteiger partial charge in [-0.2, -0.15) is 0 Å². The van der Waals surface area contributed by atoms with Crippen LogP contribution in [-0.4, -0.2) is 7.05 Å². The largest absolute Gasteiger partial charge is 0.313 e. The van der Waals surface area contributed by atoms with Crippen LogP contribution in [-0.2, 0) is 0 Å². The highest BCUT2D eigenvalue weighted by molar-refractivity contribution is 9.11. The Morgan fingerprint density at radius 3 is 2.28 bits per heavy atom. The van der Waals surface area contributed by atoms with Crippen LogP contribution in [0.1, 0.15) is 45.2 Å². The minimum Gasteiger partial charge on any atom is -0.313 e. The molecule has 0 saturated carbocycles. The molecule has 1 N–H and O–H groups in total. The van der Waals surface area contributed by atoms with Crippen LogP contribution in [0.5, 0.6) is 0 Å². The van der Waals surface area contributed by atoms with Gasteiger partial charge in [-0.15, -0.1) is 0 Å². The summed E-state index contributed by atoms with van der Waals surface area (Å²) in [7, 11) is 2.04. The summed E-state index contributed by atoms with van der Waals surface area (Å²) in [4.78, 5) is 0. The zero-order valence-electron chi connectivity index (χ0n) is 11.6. The molecule has 0 aliphatic rings. The van der Waals surface area contributed by atoms with Crippen molar-refractivity contribution in [2.75, 3.05) is 7.05 Å². The average molecular weight is 377 g/mol. The van der Waals surface area contributed by atoms with Crippen molar-refractivity contribution < 1.29 is 0 Å². The van der Waals surface area contributed by atoms with Crippen LogP contribution in [0.3, 0.4) is 0 Å². The Morgan fingerprint density at radius 1 is 1.11 bits per heavy atom. The van der Waals surface area contributed by atoms with E-state index in [0.717, 1.165) is 16.3 Å². The summed E-state index contributed by atoms with van der Waals surface area (Å²) in [5, 5.41) is 3.44. The molecule has 1 rings (SSSR count). The Bertz CT molecular complexity index is 377. The predicted molar refractivity (Wildman–Crippen MR) is 86.9 cm³/mol. The van der Waals surface area contributed by atoms with E-state index in [1.807, 2.05) is 7.05 Å². The lowest BCUT2D eigenvalue weighted by atomic mass is 9.90. The number of hydrogen-bond donors (Lipinski definition) is 1. The van der Waals surface area contributed by atoms with Crippen LogP contribution in [0, 0.1) is 11.8 Å². The van der Waals surface area contributed by atoms with Gasteiger partial charge in [-0.05, 0) is 49.4 Å². The van der Waals surface area contributed by atoms with Gasteiger partial charge in [0.2, 0.25) is 0 Å². The van der Waals surface area contributed by atoms with Crippen molar-refractivity contribution in [2.24, 2.45) is 11.8 Å². The molecule has 0 heterocycles. The molecule has 0 aliphatic carbocycles. The van der Waals surface area contributed by atoms with Crippen molar-refractivity contribution in [3.05, 3.63) is 32.7 Å². The zero-order valence-corrected chi connectivity index (χ0v) is 14.8. The first-order valence-corrected chi connectivity index (χ1v) is 8.14. The monoisotopic (exact) mass is 375 g/mol. The Kier molecular flexibility index (Phi) is 6.89. The van der Waals surface area contributed by atoms with Gasteiger partial charge >= 0.3 is 0 Å². The first-order chi connectivity index (χ1) is 8.43. The Labute approximate surface area is 128 Å². The fourth-order valence-corrected chi connectivity index (χ4v) is 3.81. The predicted octanol–water partition coefficient (Wildman–Crippen LogP) is 5.54. The smallest absolute Gasteiger partial charge is 0.0331 e. The van der Waals surface area contributed by atoms with Crippen molar-refractivity contribution in [1.82, 2.24) is 5.32 Å². The molecule has 0 fully saturated rings. The third-order valence-electron chi connectivity index (χ3n) is 3.20. The van der Waals surface area contributed by atoms with Gasteiger partial charge in [-0.3, -0.25) is 0 Å². The maximum absolute atomic E-state index is 3.66. The highest BCUT2D eigenvalue weighted by Gasteiger charge is 2.16. The van der Waals surface area contributed by atoms with E-state index < -0.39 is 0 Å². The summed E-state index contributed by atoms with van der Waals surface area (Å²) in [5.41, 5.74) is 1.34. The lowest BCUT2D eigenvalue weighted by molar-refractivity contribution is 0.366. The molecule has 0 spiro atoms. The summed E-state index contributed by atoms with van der Waals surface area (Å²) in [5.74, 6) is 1.50. The number of hydrogen-bond acceptors (Lipinski definition) is 1. The van der Waals surface area contributed by atoms with E-state index >= 15 is 0 Å². The van der Waals surface area contributed by atoms with Crippen molar-refractivity contribution in [3.63, 3.8) is 0 Å². The maximum atomic E-state index is 3.66. The van der Waals surface area contributed by atoms with Crippen LogP contribution in [0.15, 0.2) is 27.1 Å². The van der Waals surface area contributed by atoms with Crippen molar-refractivity contribution in [2.45, 2.75) is 39.7 Å². The molecule has 18 heavy (non-hydrogen) atoms. The van der Waals surface area contributed by atoms with E-state index in [9.17, 15) is 0 Å². The summed E-state index contributed by atoms with van der Waals surface area (Å²) >= 11 is 7.16. The molecule has 2 unspecified atom stereocenters. The van der Waals surface area contributed by atoms with Crippen molar-refractivity contribution in [1.29, 1.82) is 0 Å². The minimum absolute atomic E-state index is 0.418. The van der Waals surface area contributed by atoms with Gasteiger partial charge < -0.3 is 5.32 Å².